The molecule has 0 aliphatic rings. The van der Waals surface area contributed by atoms with Crippen LogP contribution < -0.4 is 5.56 Å². The van der Waals surface area contributed by atoms with Gasteiger partial charge in [0.1, 0.15) is 6.29 Å². The van der Waals surface area contributed by atoms with E-state index in [4.69, 9.17) is 4.52 Å². The van der Waals surface area contributed by atoms with Gasteiger partial charge in [-0.2, -0.15) is 4.74 Å². The van der Waals surface area contributed by atoms with Crippen molar-refractivity contribution in [1.29, 1.82) is 0 Å². The van der Waals surface area contributed by atoms with E-state index in [1.807, 2.05) is 0 Å². The lowest BCUT2D eigenvalue weighted by molar-refractivity contribution is 0.112. The molecule has 0 N–H and O–H groups in total. The third-order valence-corrected chi connectivity index (χ3v) is 1.95. The second kappa shape index (κ2) is 2.80. The summed E-state index contributed by atoms with van der Waals surface area (Å²) in [4.78, 5) is 21.7. The molecule has 0 aliphatic heterocycles. The number of nitrogens with zero attached hydrogens (tertiary/aromatic N) is 1. The molecule has 2 rings (SSSR count). The van der Waals surface area contributed by atoms with E-state index < -0.39 is 11.4 Å². The molecule has 0 atom stereocenters. The molecular weight excluding hydrogens is 189 g/mol. The quantitative estimate of drug-likeness (QED) is 0.640. The highest BCUT2D eigenvalue weighted by atomic mass is 19.1. The highest BCUT2D eigenvalue weighted by Gasteiger charge is 2.12. The number of aldehydes is 1. The lowest BCUT2D eigenvalue weighted by Gasteiger charge is -1.90. The predicted octanol–water partition coefficient (Wildman–Crippen LogP) is 1.08. The zero-order valence-electron chi connectivity index (χ0n) is 7.28. The average Bonchev–Trinajstić information content (AvgIpc) is 2.45. The molecule has 4 nitrogen and oxygen atoms in total. The Morgan fingerprint density at radius 3 is 2.86 bits per heavy atom. The maximum Gasteiger partial charge on any atom is 0.290 e. The van der Waals surface area contributed by atoms with Crippen molar-refractivity contribution in [3.8, 4) is 0 Å². The number of aryl methyl sites for hydroxylation is 1. The van der Waals surface area contributed by atoms with Crippen LogP contribution in [0, 0.1) is 5.82 Å². The zero-order chi connectivity index (χ0) is 10.3. The fourth-order valence-corrected chi connectivity index (χ4v) is 1.28. The molecule has 5 heteroatoms. The normalized spacial score (nSPS) is 10.7. The first-order valence-corrected chi connectivity index (χ1v) is 3.88. The van der Waals surface area contributed by atoms with Crippen LogP contribution in [0.25, 0.3) is 11.0 Å². The third-order valence-electron chi connectivity index (χ3n) is 1.95. The van der Waals surface area contributed by atoms with Crippen molar-refractivity contribution in [3.63, 3.8) is 0 Å². The maximum absolute atomic E-state index is 13.2. The van der Waals surface area contributed by atoms with Crippen LogP contribution in [0.1, 0.15) is 10.4 Å². The van der Waals surface area contributed by atoms with Crippen molar-refractivity contribution in [1.82, 2.24) is 4.74 Å². The van der Waals surface area contributed by atoms with Crippen LogP contribution in [0.5, 0.6) is 0 Å². The van der Waals surface area contributed by atoms with Crippen LogP contribution in [0.3, 0.4) is 0 Å². The second-order valence-corrected chi connectivity index (χ2v) is 2.89. The molecule has 0 spiro atoms. The minimum Gasteiger partial charge on any atom is -0.373 e. The van der Waals surface area contributed by atoms with E-state index in [1.54, 1.807) is 0 Å². The number of aromatic nitrogens is 1. The summed E-state index contributed by atoms with van der Waals surface area (Å²) in [5.41, 5.74) is -0.459. The van der Waals surface area contributed by atoms with Crippen molar-refractivity contribution in [2.24, 2.45) is 7.05 Å². The van der Waals surface area contributed by atoms with Crippen LogP contribution in [0.2, 0.25) is 0 Å². The molecule has 0 unspecified atom stereocenters. The van der Waals surface area contributed by atoms with Gasteiger partial charge >= 0.3 is 0 Å². The Bertz CT molecular complexity index is 567. The minimum atomic E-state index is -0.706. The summed E-state index contributed by atoms with van der Waals surface area (Å²) in [5.74, 6) is -0.706. The molecule has 2 aromatic rings. The first kappa shape index (κ1) is 8.68. The highest BCUT2D eigenvalue weighted by Crippen LogP contribution is 2.16. The molecule has 14 heavy (non-hydrogen) atoms. The third kappa shape index (κ3) is 1.06. The van der Waals surface area contributed by atoms with Crippen LogP contribution in [-0.4, -0.2) is 11.0 Å². The van der Waals surface area contributed by atoms with Crippen molar-refractivity contribution in [2.75, 3.05) is 0 Å². The monoisotopic (exact) mass is 195 g/mol. The van der Waals surface area contributed by atoms with Gasteiger partial charge in [0.15, 0.2) is 5.82 Å². The fourth-order valence-electron chi connectivity index (χ4n) is 1.28. The molecule has 1 aromatic carbocycles. The summed E-state index contributed by atoms with van der Waals surface area (Å²) in [5, 5.41) is 0.0783. The summed E-state index contributed by atoms with van der Waals surface area (Å²) >= 11 is 0. The standard InChI is InChI=1S/C9H6FNO3/c1-11-9(13)6-2-5(4-12)3-7(10)8(6)14-11/h2-4H,1H3. The van der Waals surface area contributed by atoms with E-state index in [-0.39, 0.29) is 16.5 Å². The summed E-state index contributed by atoms with van der Waals surface area (Å²) < 4.78 is 19.0. The number of carbonyl (C=O) groups is 1. The Labute approximate surface area is 77.5 Å². The summed E-state index contributed by atoms with van der Waals surface area (Å²) in [6, 6.07) is 2.33. The van der Waals surface area contributed by atoms with Crippen molar-refractivity contribution in [3.05, 3.63) is 33.9 Å². The fraction of sp³-hybridized carbons (Fsp3) is 0.111. The van der Waals surface area contributed by atoms with Crippen LogP contribution >= 0.6 is 0 Å². The number of carbonyl (C=O) groups excluding carboxylic acids is 1. The second-order valence-electron chi connectivity index (χ2n) is 2.89. The number of hydrogen-bond acceptors (Lipinski definition) is 3. The van der Waals surface area contributed by atoms with Gasteiger partial charge in [-0.1, -0.05) is 0 Å². The molecule has 0 amide bonds. The van der Waals surface area contributed by atoms with Gasteiger partial charge in [0.2, 0.25) is 5.58 Å². The molecule has 0 radical (unpaired) electrons. The van der Waals surface area contributed by atoms with Crippen LogP contribution in [0.15, 0.2) is 21.5 Å². The molecule has 0 aliphatic carbocycles. The number of halogens is 1. The zero-order valence-corrected chi connectivity index (χ0v) is 7.28. The topological polar surface area (TPSA) is 52.2 Å². The summed E-state index contributed by atoms with van der Waals surface area (Å²) in [7, 11) is 1.38. The summed E-state index contributed by atoms with van der Waals surface area (Å²) in [6.07, 6.45) is 0.481. The molecule has 0 saturated carbocycles. The Hall–Kier alpha value is -1.91. The van der Waals surface area contributed by atoms with Crippen LogP contribution in [0.4, 0.5) is 4.39 Å². The lowest BCUT2D eigenvalue weighted by atomic mass is 10.2. The molecule has 0 bridgehead atoms. The number of hydrogen-bond donors (Lipinski definition) is 0. The van der Waals surface area contributed by atoms with Gasteiger partial charge in [-0.15, -0.1) is 0 Å². The smallest absolute Gasteiger partial charge is 0.290 e. The van der Waals surface area contributed by atoms with Gasteiger partial charge in [-0.25, -0.2) is 4.39 Å². The Balaban J connectivity index is 2.97. The Kier molecular flexibility index (Phi) is 1.73. The van der Waals surface area contributed by atoms with Crippen molar-refractivity contribution >= 4 is 17.3 Å². The number of benzene rings is 1. The largest absolute Gasteiger partial charge is 0.373 e. The Morgan fingerprint density at radius 2 is 2.21 bits per heavy atom. The molecule has 0 saturated heterocycles. The first-order valence-electron chi connectivity index (χ1n) is 3.88. The van der Waals surface area contributed by atoms with E-state index in [2.05, 4.69) is 0 Å². The SMILES string of the molecule is Cn1oc2c(F)cc(C=O)cc2c1=O. The predicted molar refractivity (Wildman–Crippen MR) is 46.8 cm³/mol. The van der Waals surface area contributed by atoms with E-state index in [0.29, 0.717) is 6.29 Å². The minimum absolute atomic E-state index is 0.0783. The number of rotatable bonds is 1. The first-order chi connectivity index (χ1) is 6.63. The van der Waals surface area contributed by atoms with Crippen molar-refractivity contribution in [2.45, 2.75) is 0 Å². The van der Waals surface area contributed by atoms with Crippen LogP contribution in [-0.2, 0) is 7.05 Å². The van der Waals surface area contributed by atoms with Gasteiger partial charge in [0.05, 0.1) is 5.39 Å². The van der Waals surface area contributed by atoms with E-state index >= 15 is 0 Å². The van der Waals surface area contributed by atoms with Gasteiger partial charge in [-0.3, -0.25) is 9.59 Å². The summed E-state index contributed by atoms with van der Waals surface area (Å²) in [6.45, 7) is 0. The number of fused-ring (bicyclic) bond motifs is 1. The van der Waals surface area contributed by atoms with Crippen molar-refractivity contribution < 1.29 is 13.7 Å². The molecule has 72 valence electrons. The lowest BCUT2D eigenvalue weighted by Crippen LogP contribution is -2.08. The maximum atomic E-state index is 13.2. The molecule has 1 aromatic heterocycles. The molecule has 1 heterocycles. The van der Waals surface area contributed by atoms with Gasteiger partial charge in [0, 0.05) is 12.6 Å². The Morgan fingerprint density at radius 1 is 1.50 bits per heavy atom. The van der Waals surface area contributed by atoms with Gasteiger partial charge in [0.25, 0.3) is 5.56 Å². The van der Waals surface area contributed by atoms with E-state index in [9.17, 15) is 14.0 Å². The van der Waals surface area contributed by atoms with Gasteiger partial charge in [-0.05, 0) is 12.1 Å². The van der Waals surface area contributed by atoms with Gasteiger partial charge < -0.3 is 4.52 Å². The average molecular weight is 195 g/mol. The highest BCUT2D eigenvalue weighted by molar-refractivity contribution is 5.85. The molecular formula is C9H6FNO3. The molecule has 0 fully saturated rings. The van der Waals surface area contributed by atoms with E-state index in [0.717, 1.165) is 10.8 Å². The van der Waals surface area contributed by atoms with E-state index in [1.165, 1.54) is 13.1 Å².